The van der Waals surface area contributed by atoms with Gasteiger partial charge in [0.15, 0.2) is 0 Å². The van der Waals surface area contributed by atoms with Crippen LogP contribution in [0.4, 0.5) is 0 Å². The van der Waals surface area contributed by atoms with Gasteiger partial charge in [-0.15, -0.1) is 0 Å². The predicted molar refractivity (Wildman–Crippen MR) is 116 cm³/mol. The molecule has 0 aliphatic carbocycles. The quantitative estimate of drug-likeness (QED) is 0.492. The van der Waals surface area contributed by atoms with E-state index in [-0.39, 0.29) is 6.10 Å². The van der Waals surface area contributed by atoms with Gasteiger partial charge in [-0.25, -0.2) is 4.98 Å². The standard InChI is InChI=1S/C24H29N3O3/c1-6-18-11-19(8-15(4)22(18)29-13-20-12-28-20)23-26-24(30-27-23)21-10-17(7-14(2)3)9-16(5)25-21/h8-11,14,20H,6-7,12-13H2,1-5H3. The highest BCUT2D eigenvalue weighted by atomic mass is 16.6. The average Bonchev–Trinajstić information content (AvgIpc) is 3.38. The zero-order chi connectivity index (χ0) is 21.3. The molecule has 6 nitrogen and oxygen atoms in total. The zero-order valence-corrected chi connectivity index (χ0v) is 18.4. The van der Waals surface area contributed by atoms with Crippen LogP contribution in [0, 0.1) is 19.8 Å². The van der Waals surface area contributed by atoms with Crippen LogP contribution in [-0.2, 0) is 17.6 Å². The number of ether oxygens (including phenoxy) is 2. The highest BCUT2D eigenvalue weighted by molar-refractivity contribution is 5.63. The van der Waals surface area contributed by atoms with Crippen LogP contribution in [0.2, 0.25) is 0 Å². The number of hydrogen-bond acceptors (Lipinski definition) is 6. The second kappa shape index (κ2) is 8.56. The van der Waals surface area contributed by atoms with E-state index in [2.05, 4.69) is 48.0 Å². The Bertz CT molecular complexity index is 1040. The van der Waals surface area contributed by atoms with Crippen molar-refractivity contribution in [3.8, 4) is 28.7 Å². The third-order valence-corrected chi connectivity index (χ3v) is 5.11. The lowest BCUT2D eigenvalue weighted by molar-refractivity contribution is 0.260. The number of aromatic nitrogens is 3. The van der Waals surface area contributed by atoms with Crippen molar-refractivity contribution in [3.63, 3.8) is 0 Å². The number of hydrogen-bond donors (Lipinski definition) is 0. The molecule has 0 N–H and O–H groups in total. The summed E-state index contributed by atoms with van der Waals surface area (Å²) in [7, 11) is 0. The average molecular weight is 408 g/mol. The molecule has 0 saturated carbocycles. The van der Waals surface area contributed by atoms with E-state index in [0.29, 0.717) is 24.2 Å². The molecule has 30 heavy (non-hydrogen) atoms. The minimum atomic E-state index is 0.232. The van der Waals surface area contributed by atoms with Crippen LogP contribution in [0.15, 0.2) is 28.8 Å². The van der Waals surface area contributed by atoms with Gasteiger partial charge in [-0.2, -0.15) is 4.98 Å². The Balaban J connectivity index is 1.62. The number of rotatable bonds is 8. The van der Waals surface area contributed by atoms with Gasteiger partial charge in [0.05, 0.1) is 6.61 Å². The molecule has 0 spiro atoms. The number of benzene rings is 1. The summed E-state index contributed by atoms with van der Waals surface area (Å²) in [5, 5.41) is 4.23. The van der Waals surface area contributed by atoms with Gasteiger partial charge >= 0.3 is 0 Å². The van der Waals surface area contributed by atoms with Crippen molar-refractivity contribution in [3.05, 3.63) is 46.6 Å². The molecular formula is C24H29N3O3. The van der Waals surface area contributed by atoms with E-state index in [1.54, 1.807) is 0 Å². The van der Waals surface area contributed by atoms with Crippen molar-refractivity contribution < 1.29 is 14.0 Å². The maximum atomic E-state index is 6.01. The van der Waals surface area contributed by atoms with Gasteiger partial charge in [0, 0.05) is 11.3 Å². The first kappa shape index (κ1) is 20.5. The number of aryl methyl sites for hydroxylation is 3. The second-order valence-corrected chi connectivity index (χ2v) is 8.42. The van der Waals surface area contributed by atoms with Crippen molar-refractivity contribution in [2.45, 2.75) is 53.6 Å². The lowest BCUT2D eigenvalue weighted by Crippen LogP contribution is -2.07. The molecule has 3 heterocycles. The third kappa shape index (κ3) is 4.70. The van der Waals surface area contributed by atoms with Crippen molar-refractivity contribution in [1.29, 1.82) is 0 Å². The van der Waals surface area contributed by atoms with Crippen LogP contribution in [0.25, 0.3) is 23.0 Å². The first-order valence-electron chi connectivity index (χ1n) is 10.6. The maximum absolute atomic E-state index is 6.01. The van der Waals surface area contributed by atoms with Crippen LogP contribution >= 0.6 is 0 Å². The Morgan fingerprint density at radius 2 is 1.93 bits per heavy atom. The van der Waals surface area contributed by atoms with Gasteiger partial charge in [-0.1, -0.05) is 25.9 Å². The Morgan fingerprint density at radius 1 is 1.13 bits per heavy atom. The summed E-state index contributed by atoms with van der Waals surface area (Å²) in [5.41, 5.74) is 6.02. The summed E-state index contributed by atoms with van der Waals surface area (Å²) in [6.07, 6.45) is 2.08. The molecule has 1 aliphatic heterocycles. The first-order chi connectivity index (χ1) is 14.4. The topological polar surface area (TPSA) is 73.6 Å². The van der Waals surface area contributed by atoms with Crippen LogP contribution in [0.5, 0.6) is 5.75 Å². The van der Waals surface area contributed by atoms with Gasteiger partial charge in [0.2, 0.25) is 5.82 Å². The summed E-state index contributed by atoms with van der Waals surface area (Å²) < 4.78 is 16.8. The zero-order valence-electron chi connectivity index (χ0n) is 18.4. The van der Waals surface area contributed by atoms with Crippen LogP contribution in [0.3, 0.4) is 0 Å². The number of nitrogens with zero attached hydrogens (tertiary/aromatic N) is 3. The van der Waals surface area contributed by atoms with E-state index in [1.807, 2.05) is 26.0 Å². The van der Waals surface area contributed by atoms with Gasteiger partial charge in [0.1, 0.15) is 24.2 Å². The Kier molecular flexibility index (Phi) is 5.86. The minimum Gasteiger partial charge on any atom is -0.490 e. The number of pyridine rings is 1. The lowest BCUT2D eigenvalue weighted by atomic mass is 10.0. The van der Waals surface area contributed by atoms with E-state index in [1.165, 1.54) is 5.56 Å². The SMILES string of the molecule is CCc1cc(-c2noc(-c3cc(CC(C)C)cc(C)n3)n2)cc(C)c1OCC1CO1. The van der Waals surface area contributed by atoms with Crippen molar-refractivity contribution >= 4 is 0 Å². The first-order valence-corrected chi connectivity index (χ1v) is 10.6. The number of epoxide rings is 1. The summed E-state index contributed by atoms with van der Waals surface area (Å²) in [6.45, 7) is 12.0. The summed E-state index contributed by atoms with van der Waals surface area (Å²) in [4.78, 5) is 9.24. The highest BCUT2D eigenvalue weighted by Crippen LogP contribution is 2.31. The largest absolute Gasteiger partial charge is 0.490 e. The van der Waals surface area contributed by atoms with Gasteiger partial charge in [0.25, 0.3) is 5.89 Å². The Hall–Kier alpha value is -2.73. The maximum Gasteiger partial charge on any atom is 0.276 e. The molecule has 0 amide bonds. The molecule has 1 fully saturated rings. The van der Waals surface area contributed by atoms with Crippen molar-refractivity contribution in [2.24, 2.45) is 5.92 Å². The van der Waals surface area contributed by atoms with Gasteiger partial charge < -0.3 is 14.0 Å². The minimum absolute atomic E-state index is 0.232. The lowest BCUT2D eigenvalue weighted by Gasteiger charge is -2.14. The molecule has 0 radical (unpaired) electrons. The smallest absolute Gasteiger partial charge is 0.276 e. The molecule has 1 atom stereocenters. The van der Waals surface area contributed by atoms with Crippen LogP contribution in [-0.4, -0.2) is 34.4 Å². The van der Waals surface area contributed by atoms with E-state index in [9.17, 15) is 0 Å². The fraction of sp³-hybridized carbons (Fsp3) is 0.458. The molecule has 3 aromatic rings. The van der Waals surface area contributed by atoms with E-state index < -0.39 is 0 Å². The summed E-state index contributed by atoms with van der Waals surface area (Å²) in [5.74, 6) is 2.51. The highest BCUT2D eigenvalue weighted by Gasteiger charge is 2.24. The molecule has 4 rings (SSSR count). The fourth-order valence-corrected chi connectivity index (χ4v) is 3.67. The molecule has 1 aromatic carbocycles. The van der Waals surface area contributed by atoms with E-state index in [0.717, 1.165) is 53.3 Å². The monoisotopic (exact) mass is 407 g/mol. The Labute approximate surface area is 177 Å². The molecule has 158 valence electrons. The van der Waals surface area contributed by atoms with E-state index in [4.69, 9.17) is 14.0 Å². The predicted octanol–water partition coefficient (Wildman–Crippen LogP) is 4.95. The van der Waals surface area contributed by atoms with Crippen LogP contribution < -0.4 is 4.74 Å². The molecule has 0 bridgehead atoms. The molecular weight excluding hydrogens is 378 g/mol. The fourth-order valence-electron chi connectivity index (χ4n) is 3.67. The Morgan fingerprint density at radius 3 is 2.63 bits per heavy atom. The van der Waals surface area contributed by atoms with Crippen molar-refractivity contribution in [2.75, 3.05) is 13.2 Å². The molecule has 6 heteroatoms. The van der Waals surface area contributed by atoms with E-state index >= 15 is 0 Å². The second-order valence-electron chi connectivity index (χ2n) is 8.42. The molecule has 2 aromatic heterocycles. The molecule has 1 unspecified atom stereocenters. The van der Waals surface area contributed by atoms with Gasteiger partial charge in [-0.3, -0.25) is 0 Å². The summed E-state index contributed by atoms with van der Waals surface area (Å²) >= 11 is 0. The molecule has 1 aliphatic rings. The van der Waals surface area contributed by atoms with Gasteiger partial charge in [-0.05, 0) is 73.6 Å². The van der Waals surface area contributed by atoms with Crippen LogP contribution in [0.1, 0.15) is 43.2 Å². The summed E-state index contributed by atoms with van der Waals surface area (Å²) in [6, 6.07) is 8.29. The normalized spacial score (nSPS) is 15.6. The third-order valence-electron chi connectivity index (χ3n) is 5.11. The molecule has 1 saturated heterocycles. The van der Waals surface area contributed by atoms with Crippen molar-refractivity contribution in [1.82, 2.24) is 15.1 Å².